The predicted molar refractivity (Wildman–Crippen MR) is 109 cm³/mol. The van der Waals surface area contributed by atoms with Crippen LogP contribution in [0.1, 0.15) is 56.1 Å². The van der Waals surface area contributed by atoms with E-state index in [0.717, 1.165) is 23.5 Å². The number of hydrogen-bond donors (Lipinski definition) is 0. The lowest BCUT2D eigenvalue weighted by Crippen LogP contribution is -2.51. The zero-order chi connectivity index (χ0) is 24.0. The van der Waals surface area contributed by atoms with Gasteiger partial charge in [-0.25, -0.2) is 4.79 Å². The first kappa shape index (κ1) is 23.3. The smallest absolute Gasteiger partial charge is 0.416 e. The molecule has 2 saturated heterocycles. The number of ether oxygens (including phenoxy) is 1. The molecule has 1 saturated carbocycles. The molecule has 0 bridgehead atoms. The summed E-state index contributed by atoms with van der Waals surface area (Å²) in [5.74, 6) is -2.27. The van der Waals surface area contributed by atoms with Gasteiger partial charge in [0.25, 0.3) is 0 Å². The van der Waals surface area contributed by atoms with Crippen molar-refractivity contribution in [2.24, 2.45) is 0 Å². The molecule has 3 aliphatic rings. The molecule has 0 N–H and O–H groups in total. The van der Waals surface area contributed by atoms with Crippen LogP contribution in [0.2, 0.25) is 0 Å². The Balaban J connectivity index is 1.73. The standard InChI is InChI=1S/C23H25F3N2O5/c1-33-20(31)17-7-2-3-10-27(17)18(29)12-22(13-19(30)28(21(22)32)16-8-9-16)14-5-4-6-15(11-14)23(24,25)26/h4-6,11,16-17H,2-3,7-10,12-13H2,1H3/t17-,22+/m0/s1. The summed E-state index contributed by atoms with van der Waals surface area (Å²) in [6.07, 6.45) is -2.48. The van der Waals surface area contributed by atoms with Crippen molar-refractivity contribution in [3.63, 3.8) is 0 Å². The largest absolute Gasteiger partial charge is 0.467 e. The van der Waals surface area contributed by atoms with Crippen molar-refractivity contribution in [3.05, 3.63) is 35.4 Å². The second kappa shape index (κ2) is 8.46. The number of carbonyl (C=O) groups excluding carboxylic acids is 4. The molecule has 4 rings (SSSR count). The van der Waals surface area contributed by atoms with E-state index in [-0.39, 0.29) is 24.6 Å². The van der Waals surface area contributed by atoms with Gasteiger partial charge in [-0.1, -0.05) is 18.2 Å². The van der Waals surface area contributed by atoms with Gasteiger partial charge in [0.2, 0.25) is 17.7 Å². The summed E-state index contributed by atoms with van der Waals surface area (Å²) in [5, 5.41) is 0. The van der Waals surface area contributed by atoms with Crippen LogP contribution in [0.4, 0.5) is 13.2 Å². The van der Waals surface area contributed by atoms with Gasteiger partial charge in [0, 0.05) is 25.4 Å². The summed E-state index contributed by atoms with van der Waals surface area (Å²) in [6, 6.07) is 3.19. The average Bonchev–Trinajstić information content (AvgIpc) is 3.58. The fourth-order valence-electron chi connectivity index (χ4n) is 4.89. The molecule has 3 amide bonds. The van der Waals surface area contributed by atoms with E-state index in [0.29, 0.717) is 25.7 Å². The zero-order valence-electron chi connectivity index (χ0n) is 18.2. The lowest BCUT2D eigenvalue weighted by molar-refractivity contribution is -0.155. The minimum Gasteiger partial charge on any atom is -0.467 e. The van der Waals surface area contributed by atoms with E-state index in [2.05, 4.69) is 0 Å². The molecule has 10 heteroatoms. The van der Waals surface area contributed by atoms with Gasteiger partial charge in [0.1, 0.15) is 6.04 Å². The molecule has 2 aliphatic heterocycles. The number of halogens is 3. The average molecular weight is 466 g/mol. The van der Waals surface area contributed by atoms with Crippen molar-refractivity contribution in [2.45, 2.75) is 68.6 Å². The van der Waals surface area contributed by atoms with Crippen LogP contribution in [-0.2, 0) is 35.5 Å². The summed E-state index contributed by atoms with van der Waals surface area (Å²) in [5.41, 5.74) is -2.71. The topological polar surface area (TPSA) is 84.0 Å². The highest BCUT2D eigenvalue weighted by atomic mass is 19.4. The van der Waals surface area contributed by atoms with E-state index in [1.54, 1.807) is 0 Å². The lowest BCUT2D eigenvalue weighted by atomic mass is 9.75. The molecule has 0 aromatic heterocycles. The quantitative estimate of drug-likeness (QED) is 0.492. The third-order valence-electron chi connectivity index (χ3n) is 6.75. The van der Waals surface area contributed by atoms with Gasteiger partial charge in [-0.15, -0.1) is 0 Å². The molecule has 1 aromatic carbocycles. The van der Waals surface area contributed by atoms with Gasteiger partial charge in [-0.05, 0) is 43.7 Å². The van der Waals surface area contributed by atoms with E-state index in [4.69, 9.17) is 4.74 Å². The van der Waals surface area contributed by atoms with Crippen LogP contribution in [0, 0.1) is 0 Å². The van der Waals surface area contributed by atoms with Gasteiger partial charge < -0.3 is 9.64 Å². The third kappa shape index (κ3) is 4.22. The highest BCUT2D eigenvalue weighted by molar-refractivity contribution is 6.11. The Morgan fingerprint density at radius 1 is 1.15 bits per heavy atom. The number of rotatable bonds is 5. The normalized spacial score (nSPS) is 26.0. The predicted octanol–water partition coefficient (Wildman–Crippen LogP) is 2.81. The molecule has 1 aromatic rings. The molecule has 0 unspecified atom stereocenters. The van der Waals surface area contributed by atoms with Crippen LogP contribution in [0.3, 0.4) is 0 Å². The van der Waals surface area contributed by atoms with Gasteiger partial charge in [0.15, 0.2) is 0 Å². The summed E-state index contributed by atoms with van der Waals surface area (Å²) in [6.45, 7) is 0.270. The monoisotopic (exact) mass is 466 g/mol. The Bertz CT molecular complexity index is 991. The number of imide groups is 1. The minimum absolute atomic E-state index is 0.0150. The first-order valence-electron chi connectivity index (χ1n) is 11.0. The van der Waals surface area contributed by atoms with Crippen LogP contribution in [0.25, 0.3) is 0 Å². The Morgan fingerprint density at radius 2 is 1.88 bits per heavy atom. The SMILES string of the molecule is COC(=O)[C@@H]1CCCCN1C(=O)C[C@]1(c2cccc(C(F)(F)F)c2)CC(=O)N(C2CC2)C1=O. The van der Waals surface area contributed by atoms with Crippen molar-refractivity contribution in [1.82, 2.24) is 9.80 Å². The van der Waals surface area contributed by atoms with Gasteiger partial charge in [-0.3, -0.25) is 19.3 Å². The molecule has 33 heavy (non-hydrogen) atoms. The number of esters is 1. The molecule has 1 aliphatic carbocycles. The minimum atomic E-state index is -4.65. The number of alkyl halides is 3. The fraction of sp³-hybridized carbons (Fsp3) is 0.565. The van der Waals surface area contributed by atoms with Gasteiger partial charge >= 0.3 is 12.1 Å². The van der Waals surface area contributed by atoms with Crippen molar-refractivity contribution in [2.75, 3.05) is 13.7 Å². The zero-order valence-corrected chi connectivity index (χ0v) is 18.2. The van der Waals surface area contributed by atoms with E-state index >= 15 is 0 Å². The number of carbonyl (C=O) groups is 4. The number of piperidine rings is 1. The highest BCUT2D eigenvalue weighted by Gasteiger charge is 2.58. The van der Waals surface area contributed by atoms with Crippen molar-refractivity contribution in [3.8, 4) is 0 Å². The van der Waals surface area contributed by atoms with E-state index < -0.39 is 53.3 Å². The summed E-state index contributed by atoms with van der Waals surface area (Å²) >= 11 is 0. The Labute approximate surface area is 188 Å². The van der Waals surface area contributed by atoms with E-state index in [9.17, 15) is 32.3 Å². The fourth-order valence-corrected chi connectivity index (χ4v) is 4.89. The molecule has 2 heterocycles. The first-order valence-corrected chi connectivity index (χ1v) is 11.0. The molecule has 0 spiro atoms. The molecule has 2 atom stereocenters. The lowest BCUT2D eigenvalue weighted by Gasteiger charge is -2.36. The number of hydrogen-bond acceptors (Lipinski definition) is 5. The second-order valence-corrected chi connectivity index (χ2v) is 8.94. The van der Waals surface area contributed by atoms with E-state index in [1.807, 2.05) is 0 Å². The first-order chi connectivity index (χ1) is 15.6. The number of methoxy groups -OCH3 is 1. The number of likely N-dealkylation sites (tertiary alicyclic amines) is 2. The van der Waals surface area contributed by atoms with Crippen molar-refractivity contribution >= 4 is 23.7 Å². The van der Waals surface area contributed by atoms with Crippen LogP contribution in [0.5, 0.6) is 0 Å². The highest BCUT2D eigenvalue weighted by Crippen LogP contribution is 2.45. The summed E-state index contributed by atoms with van der Waals surface area (Å²) in [7, 11) is 1.22. The Morgan fingerprint density at radius 3 is 2.52 bits per heavy atom. The Kier molecular flexibility index (Phi) is 5.96. The molecule has 0 radical (unpaired) electrons. The summed E-state index contributed by atoms with van der Waals surface area (Å²) in [4.78, 5) is 54.4. The number of amides is 3. The maximum atomic E-state index is 13.5. The van der Waals surface area contributed by atoms with Gasteiger partial charge in [-0.2, -0.15) is 13.2 Å². The third-order valence-corrected chi connectivity index (χ3v) is 6.75. The molecule has 178 valence electrons. The summed E-state index contributed by atoms with van der Waals surface area (Å²) < 4.78 is 45.0. The van der Waals surface area contributed by atoms with Crippen molar-refractivity contribution in [1.29, 1.82) is 0 Å². The van der Waals surface area contributed by atoms with Crippen LogP contribution in [0.15, 0.2) is 24.3 Å². The number of nitrogens with zero attached hydrogens (tertiary/aromatic N) is 2. The Hall–Kier alpha value is -2.91. The maximum Gasteiger partial charge on any atom is 0.416 e. The van der Waals surface area contributed by atoms with E-state index in [1.165, 1.54) is 24.1 Å². The molecular weight excluding hydrogens is 441 g/mol. The second-order valence-electron chi connectivity index (χ2n) is 8.94. The molecule has 3 fully saturated rings. The van der Waals surface area contributed by atoms with Gasteiger partial charge in [0.05, 0.1) is 18.1 Å². The van der Waals surface area contributed by atoms with Crippen LogP contribution in [-0.4, -0.2) is 59.2 Å². The van der Waals surface area contributed by atoms with Crippen molar-refractivity contribution < 1.29 is 37.1 Å². The molecule has 7 nitrogen and oxygen atoms in total. The maximum absolute atomic E-state index is 13.5. The number of benzene rings is 1. The molecular formula is C23H25F3N2O5. The van der Waals surface area contributed by atoms with Crippen LogP contribution < -0.4 is 0 Å². The van der Waals surface area contributed by atoms with Crippen LogP contribution >= 0.6 is 0 Å².